The van der Waals surface area contributed by atoms with Crippen LogP contribution in [0.15, 0.2) is 24.3 Å². The van der Waals surface area contributed by atoms with Crippen molar-refractivity contribution in [2.24, 2.45) is 5.73 Å². The predicted octanol–water partition coefficient (Wildman–Crippen LogP) is 1.97. The van der Waals surface area contributed by atoms with Gasteiger partial charge in [-0.2, -0.15) is 0 Å². The molecular formula is C13H21ClN2O2. The number of aryl methyl sites for hydroxylation is 1. The van der Waals surface area contributed by atoms with Crippen LogP contribution >= 0.6 is 12.4 Å². The number of anilines is 1. The molecule has 1 unspecified atom stereocenters. The zero-order valence-corrected chi connectivity index (χ0v) is 11.6. The Labute approximate surface area is 114 Å². The molecule has 5 heteroatoms. The number of carbonyl (C=O) groups is 1. The van der Waals surface area contributed by atoms with Gasteiger partial charge in [0, 0.05) is 19.3 Å². The topological polar surface area (TPSA) is 64.4 Å². The van der Waals surface area contributed by atoms with E-state index in [2.05, 4.69) is 12.2 Å². The molecule has 1 atom stereocenters. The second kappa shape index (κ2) is 8.91. The fourth-order valence-corrected chi connectivity index (χ4v) is 1.55. The lowest BCUT2D eigenvalue weighted by Crippen LogP contribution is -2.28. The highest BCUT2D eigenvalue weighted by atomic mass is 35.5. The number of benzene rings is 1. The molecule has 1 rings (SSSR count). The van der Waals surface area contributed by atoms with E-state index in [4.69, 9.17) is 10.5 Å². The Bertz CT molecular complexity index is 368. The molecule has 102 valence electrons. The number of halogens is 1. The van der Waals surface area contributed by atoms with Crippen molar-refractivity contribution in [3.63, 3.8) is 0 Å². The Balaban J connectivity index is 0.00000289. The fraction of sp³-hybridized carbons (Fsp3) is 0.462. The molecule has 0 aromatic heterocycles. The van der Waals surface area contributed by atoms with Crippen LogP contribution in [0.3, 0.4) is 0 Å². The van der Waals surface area contributed by atoms with Crippen LogP contribution in [-0.2, 0) is 16.0 Å². The highest BCUT2D eigenvalue weighted by molar-refractivity contribution is 5.91. The van der Waals surface area contributed by atoms with E-state index in [0.29, 0.717) is 6.54 Å². The molecule has 0 spiro atoms. The lowest BCUT2D eigenvalue weighted by molar-refractivity contribution is -0.118. The monoisotopic (exact) mass is 272 g/mol. The molecule has 0 bridgehead atoms. The van der Waals surface area contributed by atoms with Gasteiger partial charge in [-0.25, -0.2) is 0 Å². The first-order valence-electron chi connectivity index (χ1n) is 5.81. The van der Waals surface area contributed by atoms with Gasteiger partial charge in [0.25, 0.3) is 0 Å². The molecule has 0 radical (unpaired) electrons. The summed E-state index contributed by atoms with van der Waals surface area (Å²) < 4.78 is 5.07. The van der Waals surface area contributed by atoms with Crippen molar-refractivity contribution < 1.29 is 9.53 Å². The van der Waals surface area contributed by atoms with Crippen LogP contribution < -0.4 is 11.1 Å². The molecule has 0 aliphatic heterocycles. The van der Waals surface area contributed by atoms with E-state index in [-0.39, 0.29) is 30.8 Å². The van der Waals surface area contributed by atoms with Gasteiger partial charge in [-0.1, -0.05) is 19.1 Å². The maximum Gasteiger partial charge on any atom is 0.227 e. The smallest absolute Gasteiger partial charge is 0.227 e. The number of carbonyl (C=O) groups excluding carboxylic acids is 1. The first kappa shape index (κ1) is 16.9. The van der Waals surface area contributed by atoms with Crippen molar-refractivity contribution >= 4 is 24.0 Å². The first-order chi connectivity index (χ1) is 8.19. The lowest BCUT2D eigenvalue weighted by Gasteiger charge is -2.12. The van der Waals surface area contributed by atoms with Crippen LogP contribution in [0.4, 0.5) is 5.69 Å². The number of nitrogens with two attached hydrogens (primary N) is 1. The molecule has 18 heavy (non-hydrogen) atoms. The van der Waals surface area contributed by atoms with Crippen LogP contribution in [0.5, 0.6) is 0 Å². The minimum absolute atomic E-state index is 0. The van der Waals surface area contributed by atoms with E-state index < -0.39 is 0 Å². The molecule has 0 saturated carbocycles. The van der Waals surface area contributed by atoms with E-state index in [1.165, 1.54) is 5.56 Å². The second-order valence-electron chi connectivity index (χ2n) is 3.90. The summed E-state index contributed by atoms with van der Waals surface area (Å²) in [5.74, 6) is -0.0736. The van der Waals surface area contributed by atoms with Gasteiger partial charge in [0.2, 0.25) is 5.91 Å². The molecular weight excluding hydrogens is 252 g/mol. The number of hydrogen-bond donors (Lipinski definition) is 2. The fourth-order valence-electron chi connectivity index (χ4n) is 1.55. The summed E-state index contributed by atoms with van der Waals surface area (Å²) in [6.45, 7) is 2.43. The largest absolute Gasteiger partial charge is 0.380 e. The molecule has 1 amide bonds. The Kier molecular flexibility index (Phi) is 8.37. The normalized spacial score (nSPS) is 11.5. The number of amides is 1. The standard InChI is InChI=1S/C13H20N2O2.ClH/c1-3-10-5-4-6-11(7-10)15-13(16)8-12(9-14)17-2;/h4-7,12H,3,8-9,14H2,1-2H3,(H,15,16);1H. The van der Waals surface area contributed by atoms with Crippen molar-refractivity contribution in [3.05, 3.63) is 29.8 Å². The van der Waals surface area contributed by atoms with Crippen molar-refractivity contribution in [3.8, 4) is 0 Å². The van der Waals surface area contributed by atoms with Gasteiger partial charge in [-0.05, 0) is 24.1 Å². The minimum Gasteiger partial charge on any atom is -0.380 e. The number of hydrogen-bond acceptors (Lipinski definition) is 3. The summed E-state index contributed by atoms with van der Waals surface area (Å²) in [5.41, 5.74) is 7.49. The van der Waals surface area contributed by atoms with Gasteiger partial charge in [0.1, 0.15) is 0 Å². The highest BCUT2D eigenvalue weighted by Crippen LogP contribution is 2.11. The number of rotatable bonds is 6. The molecule has 0 aliphatic rings. The Morgan fingerprint density at radius 1 is 1.50 bits per heavy atom. The summed E-state index contributed by atoms with van der Waals surface area (Å²) in [6, 6.07) is 7.82. The van der Waals surface area contributed by atoms with Crippen LogP contribution in [0.25, 0.3) is 0 Å². The molecule has 1 aromatic rings. The lowest BCUT2D eigenvalue weighted by atomic mass is 10.1. The third-order valence-electron chi connectivity index (χ3n) is 2.63. The van der Waals surface area contributed by atoms with E-state index >= 15 is 0 Å². The zero-order valence-electron chi connectivity index (χ0n) is 10.8. The summed E-state index contributed by atoms with van der Waals surface area (Å²) in [7, 11) is 1.56. The van der Waals surface area contributed by atoms with Crippen molar-refractivity contribution in [1.82, 2.24) is 0 Å². The molecule has 0 heterocycles. The van der Waals surface area contributed by atoms with Crippen LogP contribution in [0, 0.1) is 0 Å². The Hall–Kier alpha value is -1.10. The van der Waals surface area contributed by atoms with Crippen LogP contribution in [-0.4, -0.2) is 25.7 Å². The van der Waals surface area contributed by atoms with Gasteiger partial charge >= 0.3 is 0 Å². The summed E-state index contributed by atoms with van der Waals surface area (Å²) in [6.07, 6.45) is 1.01. The molecule has 0 saturated heterocycles. The van der Waals surface area contributed by atoms with Gasteiger partial charge < -0.3 is 15.8 Å². The van der Waals surface area contributed by atoms with Gasteiger partial charge in [-0.15, -0.1) is 12.4 Å². The predicted molar refractivity (Wildman–Crippen MR) is 76.2 cm³/mol. The number of ether oxygens (including phenoxy) is 1. The van der Waals surface area contributed by atoms with Crippen molar-refractivity contribution in [2.45, 2.75) is 25.9 Å². The third-order valence-corrected chi connectivity index (χ3v) is 2.63. The Morgan fingerprint density at radius 3 is 2.78 bits per heavy atom. The molecule has 4 nitrogen and oxygen atoms in total. The molecule has 0 fully saturated rings. The van der Waals surface area contributed by atoms with Gasteiger partial charge in [0.15, 0.2) is 0 Å². The van der Waals surface area contributed by atoms with Crippen molar-refractivity contribution in [1.29, 1.82) is 0 Å². The maximum atomic E-state index is 11.7. The second-order valence-corrected chi connectivity index (χ2v) is 3.90. The summed E-state index contributed by atoms with van der Waals surface area (Å²) in [5, 5.41) is 2.84. The minimum atomic E-state index is -0.218. The molecule has 0 aliphatic carbocycles. The third kappa shape index (κ3) is 5.49. The average molecular weight is 273 g/mol. The summed E-state index contributed by atoms with van der Waals surface area (Å²) in [4.78, 5) is 11.7. The summed E-state index contributed by atoms with van der Waals surface area (Å²) >= 11 is 0. The van der Waals surface area contributed by atoms with Crippen molar-refractivity contribution in [2.75, 3.05) is 19.0 Å². The quantitative estimate of drug-likeness (QED) is 0.832. The van der Waals surface area contributed by atoms with Gasteiger partial charge in [-0.3, -0.25) is 4.79 Å². The van der Waals surface area contributed by atoms with Crippen LogP contribution in [0.2, 0.25) is 0 Å². The van der Waals surface area contributed by atoms with Crippen LogP contribution in [0.1, 0.15) is 18.9 Å². The Morgan fingerprint density at radius 2 is 2.22 bits per heavy atom. The first-order valence-corrected chi connectivity index (χ1v) is 5.81. The highest BCUT2D eigenvalue weighted by Gasteiger charge is 2.11. The SMILES string of the molecule is CCc1cccc(NC(=O)CC(CN)OC)c1.Cl. The molecule has 1 aromatic carbocycles. The van der Waals surface area contributed by atoms with E-state index in [1.54, 1.807) is 7.11 Å². The van der Waals surface area contributed by atoms with E-state index in [0.717, 1.165) is 12.1 Å². The van der Waals surface area contributed by atoms with E-state index in [1.807, 2.05) is 24.3 Å². The van der Waals surface area contributed by atoms with Gasteiger partial charge in [0.05, 0.1) is 12.5 Å². The average Bonchev–Trinajstić information content (AvgIpc) is 2.36. The van der Waals surface area contributed by atoms with E-state index in [9.17, 15) is 4.79 Å². The molecule has 3 N–H and O–H groups in total. The number of nitrogens with one attached hydrogen (secondary N) is 1. The maximum absolute atomic E-state index is 11.7. The number of methoxy groups -OCH3 is 1. The zero-order chi connectivity index (χ0) is 12.7.